The van der Waals surface area contributed by atoms with Gasteiger partial charge in [-0.15, -0.1) is 0 Å². The van der Waals surface area contributed by atoms with Crippen molar-refractivity contribution in [3.05, 3.63) is 78.9 Å². The molecule has 0 aromatic heterocycles. The van der Waals surface area contributed by atoms with Crippen molar-refractivity contribution in [1.29, 1.82) is 0 Å². The van der Waals surface area contributed by atoms with E-state index in [2.05, 4.69) is 73.7 Å². The van der Waals surface area contributed by atoms with Gasteiger partial charge in [-0.1, -0.05) is 86.1 Å². The second kappa shape index (κ2) is 7.64. The van der Waals surface area contributed by atoms with E-state index in [9.17, 15) is 0 Å². The lowest BCUT2D eigenvalue weighted by Crippen LogP contribution is -1.98. The Bertz CT molecular complexity index is 747. The Kier molecular flexibility index (Phi) is 5.10. The molecule has 23 heavy (non-hydrogen) atoms. The fourth-order valence-electron chi connectivity index (χ4n) is 2.73. The number of ether oxygens (including phenoxy) is 1. The van der Waals surface area contributed by atoms with E-state index < -0.39 is 0 Å². The van der Waals surface area contributed by atoms with Crippen molar-refractivity contribution < 1.29 is 4.74 Å². The second-order valence-electron chi connectivity index (χ2n) is 5.61. The molecular weight excluding hydrogens is 280 g/mol. The summed E-state index contributed by atoms with van der Waals surface area (Å²) in [4.78, 5) is 0. The molecule has 0 aliphatic heterocycles. The van der Waals surface area contributed by atoms with Crippen LogP contribution in [-0.4, -0.2) is 6.61 Å². The average Bonchev–Trinajstić information content (AvgIpc) is 2.63. The molecule has 0 unspecified atom stereocenters. The highest BCUT2D eigenvalue weighted by Gasteiger charge is 2.11. The van der Waals surface area contributed by atoms with Crippen LogP contribution < -0.4 is 4.74 Å². The lowest BCUT2D eigenvalue weighted by Gasteiger charge is -2.15. The van der Waals surface area contributed by atoms with E-state index in [1.807, 2.05) is 12.1 Å². The van der Waals surface area contributed by atoms with Gasteiger partial charge in [0.15, 0.2) is 0 Å². The van der Waals surface area contributed by atoms with Gasteiger partial charge in [0.1, 0.15) is 5.75 Å². The molecule has 3 aromatic rings. The van der Waals surface area contributed by atoms with Gasteiger partial charge in [0.2, 0.25) is 0 Å². The summed E-state index contributed by atoms with van der Waals surface area (Å²) in [5, 5.41) is 0. The molecule has 116 valence electrons. The minimum absolute atomic E-state index is 0.765. The average molecular weight is 302 g/mol. The molecule has 3 rings (SSSR count). The van der Waals surface area contributed by atoms with Crippen LogP contribution in [0.15, 0.2) is 78.9 Å². The first-order valence-electron chi connectivity index (χ1n) is 8.27. The van der Waals surface area contributed by atoms with E-state index >= 15 is 0 Å². The first-order valence-corrected chi connectivity index (χ1v) is 8.27. The highest BCUT2D eigenvalue weighted by Crippen LogP contribution is 2.37. The van der Waals surface area contributed by atoms with Crippen molar-refractivity contribution in [3.63, 3.8) is 0 Å². The Hall–Kier alpha value is -2.54. The van der Waals surface area contributed by atoms with Crippen molar-refractivity contribution in [2.45, 2.75) is 19.8 Å². The summed E-state index contributed by atoms with van der Waals surface area (Å²) in [5.74, 6) is 0.962. The predicted octanol–water partition coefficient (Wildman–Crippen LogP) is 6.20. The quantitative estimate of drug-likeness (QED) is 0.493. The van der Waals surface area contributed by atoms with E-state index in [-0.39, 0.29) is 0 Å². The lowest BCUT2D eigenvalue weighted by atomic mass is 9.94. The van der Waals surface area contributed by atoms with Crippen LogP contribution in [0.4, 0.5) is 0 Å². The maximum atomic E-state index is 6.02. The van der Waals surface area contributed by atoms with Gasteiger partial charge in [-0.05, 0) is 29.2 Å². The van der Waals surface area contributed by atoms with Crippen LogP contribution in [0.2, 0.25) is 0 Å². The van der Waals surface area contributed by atoms with Crippen molar-refractivity contribution >= 4 is 0 Å². The third-order valence-corrected chi connectivity index (χ3v) is 3.94. The number of rotatable bonds is 6. The molecule has 0 N–H and O–H groups in total. The topological polar surface area (TPSA) is 9.23 Å². The Morgan fingerprint density at radius 1 is 0.652 bits per heavy atom. The van der Waals surface area contributed by atoms with Gasteiger partial charge < -0.3 is 4.74 Å². The number of hydrogen-bond acceptors (Lipinski definition) is 1. The molecule has 0 bridgehead atoms. The van der Waals surface area contributed by atoms with Crippen LogP contribution in [0.25, 0.3) is 22.3 Å². The molecule has 0 atom stereocenters. The zero-order valence-corrected chi connectivity index (χ0v) is 13.5. The summed E-state index contributed by atoms with van der Waals surface area (Å²) < 4.78 is 6.02. The number of unbranched alkanes of at least 4 members (excludes halogenated alkanes) is 1. The monoisotopic (exact) mass is 302 g/mol. The summed E-state index contributed by atoms with van der Waals surface area (Å²) in [6.07, 6.45) is 2.22. The summed E-state index contributed by atoms with van der Waals surface area (Å²) in [6, 6.07) is 27.3. The van der Waals surface area contributed by atoms with Crippen LogP contribution >= 0.6 is 0 Å². The molecule has 0 spiro atoms. The first-order chi connectivity index (χ1) is 11.4. The SMILES string of the molecule is CCCCOc1ccccc1-c1ccccc1-c1ccccc1. The van der Waals surface area contributed by atoms with E-state index in [1.54, 1.807) is 0 Å². The maximum Gasteiger partial charge on any atom is 0.127 e. The zero-order valence-electron chi connectivity index (χ0n) is 13.5. The van der Waals surface area contributed by atoms with Crippen molar-refractivity contribution in [2.24, 2.45) is 0 Å². The van der Waals surface area contributed by atoms with E-state index in [4.69, 9.17) is 4.74 Å². The summed E-state index contributed by atoms with van der Waals surface area (Å²) in [7, 11) is 0. The maximum absolute atomic E-state index is 6.02. The van der Waals surface area contributed by atoms with Crippen LogP contribution in [0.1, 0.15) is 19.8 Å². The van der Waals surface area contributed by atoms with Gasteiger partial charge in [-0.2, -0.15) is 0 Å². The fourth-order valence-corrected chi connectivity index (χ4v) is 2.73. The summed E-state index contributed by atoms with van der Waals surface area (Å²) in [5.41, 5.74) is 4.83. The molecule has 0 saturated carbocycles. The number of hydrogen-bond donors (Lipinski definition) is 0. The minimum atomic E-state index is 0.765. The highest BCUT2D eigenvalue weighted by atomic mass is 16.5. The summed E-state index contributed by atoms with van der Waals surface area (Å²) in [6.45, 7) is 2.95. The summed E-state index contributed by atoms with van der Waals surface area (Å²) >= 11 is 0. The van der Waals surface area contributed by atoms with Gasteiger partial charge in [0.25, 0.3) is 0 Å². The van der Waals surface area contributed by atoms with Gasteiger partial charge in [-0.3, -0.25) is 0 Å². The first kappa shape index (κ1) is 15.4. The Balaban J connectivity index is 2.03. The molecule has 0 radical (unpaired) electrons. The Morgan fingerprint density at radius 3 is 2.00 bits per heavy atom. The molecule has 3 aromatic carbocycles. The molecule has 0 aliphatic rings. The highest BCUT2D eigenvalue weighted by molar-refractivity contribution is 5.85. The molecular formula is C22H22O. The van der Waals surface area contributed by atoms with Crippen LogP contribution in [0, 0.1) is 0 Å². The molecule has 1 nitrogen and oxygen atoms in total. The normalized spacial score (nSPS) is 10.5. The zero-order chi connectivity index (χ0) is 15.9. The molecule has 0 saturated heterocycles. The van der Waals surface area contributed by atoms with E-state index in [1.165, 1.54) is 16.7 Å². The predicted molar refractivity (Wildman–Crippen MR) is 97.7 cm³/mol. The molecule has 0 aliphatic carbocycles. The number of benzene rings is 3. The molecule has 0 amide bonds. The van der Waals surface area contributed by atoms with E-state index in [0.29, 0.717) is 0 Å². The second-order valence-corrected chi connectivity index (χ2v) is 5.61. The lowest BCUT2D eigenvalue weighted by molar-refractivity contribution is 0.310. The van der Waals surface area contributed by atoms with Gasteiger partial charge in [0, 0.05) is 5.56 Å². The molecule has 1 heteroatoms. The Morgan fingerprint density at radius 2 is 1.26 bits per heavy atom. The van der Waals surface area contributed by atoms with E-state index in [0.717, 1.165) is 30.8 Å². The van der Waals surface area contributed by atoms with Crippen LogP contribution in [-0.2, 0) is 0 Å². The third kappa shape index (κ3) is 3.62. The van der Waals surface area contributed by atoms with Crippen molar-refractivity contribution in [3.8, 4) is 28.0 Å². The standard InChI is InChI=1S/C22H22O/c1-2-3-17-23-22-16-10-9-15-21(22)20-14-8-7-13-19(20)18-11-5-4-6-12-18/h4-16H,2-3,17H2,1H3. The molecule has 0 heterocycles. The molecule has 0 fully saturated rings. The van der Waals surface area contributed by atoms with Crippen molar-refractivity contribution in [1.82, 2.24) is 0 Å². The van der Waals surface area contributed by atoms with Crippen LogP contribution in [0.3, 0.4) is 0 Å². The largest absolute Gasteiger partial charge is 0.493 e. The Labute approximate surface area is 138 Å². The smallest absolute Gasteiger partial charge is 0.127 e. The number of para-hydroxylation sites is 1. The van der Waals surface area contributed by atoms with Crippen LogP contribution in [0.5, 0.6) is 5.75 Å². The van der Waals surface area contributed by atoms with Crippen molar-refractivity contribution in [2.75, 3.05) is 6.61 Å². The van der Waals surface area contributed by atoms with Gasteiger partial charge in [-0.25, -0.2) is 0 Å². The minimum Gasteiger partial charge on any atom is -0.493 e. The third-order valence-electron chi connectivity index (χ3n) is 3.94. The van der Waals surface area contributed by atoms with Gasteiger partial charge >= 0.3 is 0 Å². The fraction of sp³-hybridized carbons (Fsp3) is 0.182. The van der Waals surface area contributed by atoms with Gasteiger partial charge in [0.05, 0.1) is 6.61 Å².